The minimum Gasteiger partial charge on any atom is -0.361 e. The lowest BCUT2D eigenvalue weighted by molar-refractivity contribution is -0.226. The minimum absolute atomic E-state index is 0.00757. The molecule has 5 aliphatic carbocycles. The lowest BCUT2D eigenvalue weighted by Crippen LogP contribution is -2.69. The van der Waals surface area contributed by atoms with Crippen molar-refractivity contribution in [3.8, 4) is 0 Å². The molecule has 234 valence electrons. The number of sulfone groups is 1. The highest BCUT2D eigenvalue weighted by atomic mass is 32.2. The van der Waals surface area contributed by atoms with Gasteiger partial charge in [0.25, 0.3) is 0 Å². The van der Waals surface area contributed by atoms with Crippen molar-refractivity contribution in [2.45, 2.75) is 117 Å². The van der Waals surface area contributed by atoms with Crippen molar-refractivity contribution in [1.82, 2.24) is 5.16 Å². The number of carbonyl (C=O) groups excluding carboxylic acids is 1. The Kier molecular flexibility index (Phi) is 6.28. The quantitative estimate of drug-likeness (QED) is 0.352. The second-order valence-electron chi connectivity index (χ2n) is 17.6. The van der Waals surface area contributed by atoms with E-state index in [9.17, 15) is 13.2 Å². The molecule has 1 heterocycles. The van der Waals surface area contributed by atoms with Gasteiger partial charge in [0.2, 0.25) is 0 Å². The fourth-order valence-electron chi connectivity index (χ4n) is 12.4. The van der Waals surface area contributed by atoms with Crippen LogP contribution in [-0.4, -0.2) is 25.1 Å². The summed E-state index contributed by atoms with van der Waals surface area (Å²) in [5, 5.41) is 4.23. The summed E-state index contributed by atoms with van der Waals surface area (Å²) >= 11 is 0. The molecule has 0 unspecified atom stereocenters. The van der Waals surface area contributed by atoms with Gasteiger partial charge in [-0.25, -0.2) is 8.42 Å². The van der Waals surface area contributed by atoms with Gasteiger partial charge < -0.3 is 4.52 Å². The van der Waals surface area contributed by atoms with Gasteiger partial charge in [-0.2, -0.15) is 0 Å². The Balaban J connectivity index is 1.30. The van der Waals surface area contributed by atoms with E-state index in [4.69, 9.17) is 4.52 Å². The molecular weight excluding hydrogens is 554 g/mol. The molecule has 0 saturated heterocycles. The Morgan fingerprint density at radius 2 is 1.58 bits per heavy atom. The topological polar surface area (TPSA) is 77.2 Å². The third-order valence-electron chi connectivity index (χ3n) is 14.7. The number of ketones is 1. The van der Waals surface area contributed by atoms with Crippen molar-refractivity contribution in [2.24, 2.45) is 50.7 Å². The van der Waals surface area contributed by atoms with Gasteiger partial charge in [0.1, 0.15) is 11.5 Å². The van der Waals surface area contributed by atoms with E-state index in [0.717, 1.165) is 57.1 Å². The molecule has 0 N–H and O–H groups in total. The minimum atomic E-state index is -3.48. The van der Waals surface area contributed by atoms with Crippen LogP contribution in [0.5, 0.6) is 0 Å². The van der Waals surface area contributed by atoms with Crippen molar-refractivity contribution >= 4 is 15.6 Å². The standard InChI is InChI=1S/C37H51NO4S/c1-32(2)15-17-37(23-43(40,41)25-11-9-8-10-12-25)18-16-36(7)30(26(37)21-32)27(39)19-29-34(5)20-24-22-38-42-31(24)33(3,4)28(34)13-14-35(29,36)6/h8-12,22,26,28-30H,13-21,23H2,1-7H3/t26-,28-,29+,30-,34-,35+,36+,37+/m0/s1. The molecule has 7 rings (SSSR count). The molecule has 43 heavy (non-hydrogen) atoms. The second kappa shape index (κ2) is 9.07. The van der Waals surface area contributed by atoms with E-state index in [1.807, 2.05) is 24.4 Å². The molecule has 1 aromatic carbocycles. The van der Waals surface area contributed by atoms with Crippen LogP contribution in [0.2, 0.25) is 0 Å². The summed E-state index contributed by atoms with van der Waals surface area (Å²) in [5.41, 5.74) is 0.681. The predicted octanol–water partition coefficient (Wildman–Crippen LogP) is 8.22. The van der Waals surface area contributed by atoms with Crippen LogP contribution in [0.1, 0.15) is 111 Å². The number of hydrogen-bond acceptors (Lipinski definition) is 5. The van der Waals surface area contributed by atoms with E-state index >= 15 is 0 Å². The van der Waals surface area contributed by atoms with Gasteiger partial charge in [-0.1, -0.05) is 71.8 Å². The summed E-state index contributed by atoms with van der Waals surface area (Å²) in [6.07, 6.45) is 10.3. The average Bonchev–Trinajstić information content (AvgIpc) is 3.40. The molecule has 0 bridgehead atoms. The van der Waals surface area contributed by atoms with Crippen LogP contribution in [-0.2, 0) is 26.5 Å². The molecule has 0 amide bonds. The van der Waals surface area contributed by atoms with Crippen LogP contribution in [0.3, 0.4) is 0 Å². The van der Waals surface area contributed by atoms with E-state index in [0.29, 0.717) is 23.0 Å². The Morgan fingerprint density at radius 1 is 0.884 bits per heavy atom. The number of benzene rings is 1. The zero-order chi connectivity index (χ0) is 30.8. The van der Waals surface area contributed by atoms with Crippen molar-refractivity contribution < 1.29 is 17.7 Å². The van der Waals surface area contributed by atoms with Crippen LogP contribution in [0.4, 0.5) is 0 Å². The Morgan fingerprint density at radius 3 is 2.30 bits per heavy atom. The third kappa shape index (κ3) is 3.96. The first-order chi connectivity index (χ1) is 20.0. The number of aromatic nitrogens is 1. The predicted molar refractivity (Wildman–Crippen MR) is 168 cm³/mol. The van der Waals surface area contributed by atoms with Crippen molar-refractivity contribution in [3.63, 3.8) is 0 Å². The van der Waals surface area contributed by atoms with Gasteiger partial charge in [-0.3, -0.25) is 4.79 Å². The van der Waals surface area contributed by atoms with E-state index in [1.54, 1.807) is 12.1 Å². The highest BCUT2D eigenvalue weighted by Crippen LogP contribution is 2.76. The summed E-state index contributed by atoms with van der Waals surface area (Å²) < 4.78 is 33.8. The smallest absolute Gasteiger partial charge is 0.178 e. The van der Waals surface area contributed by atoms with Crippen molar-refractivity contribution in [3.05, 3.63) is 47.9 Å². The molecule has 4 fully saturated rings. The Hall–Kier alpha value is -1.95. The number of Topliss-reactive ketones (excluding diaryl/α,β-unsaturated/α-hetero) is 1. The first kappa shape index (κ1) is 29.7. The lowest BCUT2D eigenvalue weighted by atomic mass is 9.31. The van der Waals surface area contributed by atoms with Crippen molar-refractivity contribution in [1.29, 1.82) is 0 Å². The molecule has 2 aromatic rings. The molecule has 5 aliphatic rings. The number of hydrogen-bond donors (Lipinski definition) is 0. The summed E-state index contributed by atoms with van der Waals surface area (Å²) in [5.74, 6) is 2.33. The second-order valence-corrected chi connectivity index (χ2v) is 19.6. The summed E-state index contributed by atoms with van der Waals surface area (Å²) in [6, 6.07) is 9.00. The largest absolute Gasteiger partial charge is 0.361 e. The fraction of sp³-hybridized carbons (Fsp3) is 0.730. The van der Waals surface area contributed by atoms with Crippen LogP contribution >= 0.6 is 0 Å². The molecule has 1 aromatic heterocycles. The first-order valence-corrected chi connectivity index (χ1v) is 18.4. The Labute approximate surface area is 258 Å². The van der Waals surface area contributed by atoms with E-state index in [1.165, 1.54) is 5.56 Å². The zero-order valence-electron chi connectivity index (χ0n) is 27.3. The fourth-order valence-corrected chi connectivity index (χ4v) is 14.4. The highest BCUT2D eigenvalue weighted by Gasteiger charge is 2.72. The van der Waals surface area contributed by atoms with Crippen LogP contribution in [0.25, 0.3) is 0 Å². The molecule has 0 spiro atoms. The monoisotopic (exact) mass is 605 g/mol. The van der Waals surface area contributed by atoms with Crippen molar-refractivity contribution in [2.75, 3.05) is 5.75 Å². The number of rotatable bonds is 3. The SMILES string of the molecule is CC1(C)CC[C@]2(CS(=O)(=O)c3ccccc3)CC[C@]3(C)[C@H](C(=O)C[C@@H]4[C@@]5(C)Cc6cnoc6C(C)(C)[C@@H]5CC[C@]43C)[C@@H]2C1. The van der Waals surface area contributed by atoms with Gasteiger partial charge >= 0.3 is 0 Å². The van der Waals surface area contributed by atoms with Gasteiger partial charge in [-0.05, 0) is 108 Å². The highest BCUT2D eigenvalue weighted by molar-refractivity contribution is 7.91. The van der Waals surface area contributed by atoms with E-state index < -0.39 is 9.84 Å². The summed E-state index contributed by atoms with van der Waals surface area (Å²) in [4.78, 5) is 15.3. The summed E-state index contributed by atoms with van der Waals surface area (Å²) in [6.45, 7) is 16.8. The van der Waals surface area contributed by atoms with E-state index in [2.05, 4.69) is 53.6 Å². The van der Waals surface area contributed by atoms with E-state index in [-0.39, 0.29) is 56.0 Å². The molecular formula is C37H51NO4S. The van der Waals surface area contributed by atoms with Gasteiger partial charge in [0, 0.05) is 23.3 Å². The van der Waals surface area contributed by atoms with Gasteiger partial charge in [0.05, 0.1) is 16.8 Å². The van der Waals surface area contributed by atoms with Crippen LogP contribution in [0, 0.1) is 50.7 Å². The molecule has 0 radical (unpaired) electrons. The average molecular weight is 606 g/mol. The molecule has 4 saturated carbocycles. The molecule has 6 heteroatoms. The molecule has 0 aliphatic heterocycles. The lowest BCUT2D eigenvalue weighted by Gasteiger charge is -2.72. The number of nitrogens with zero attached hydrogens (tertiary/aromatic N) is 1. The van der Waals surface area contributed by atoms with Gasteiger partial charge in [0.15, 0.2) is 9.84 Å². The molecule has 5 nitrogen and oxygen atoms in total. The third-order valence-corrected chi connectivity index (χ3v) is 16.7. The van der Waals surface area contributed by atoms with Crippen LogP contribution in [0.15, 0.2) is 45.9 Å². The van der Waals surface area contributed by atoms with Crippen LogP contribution < -0.4 is 0 Å². The normalized spacial score (nSPS) is 43.0. The Bertz CT molecular complexity index is 1560. The number of carbonyl (C=O) groups is 1. The summed E-state index contributed by atoms with van der Waals surface area (Å²) in [7, 11) is -3.48. The maximum absolute atomic E-state index is 14.9. The molecule has 8 atom stereocenters. The maximum atomic E-state index is 14.9. The number of fused-ring (bicyclic) bond motifs is 8. The zero-order valence-corrected chi connectivity index (χ0v) is 28.1. The van der Waals surface area contributed by atoms with Gasteiger partial charge in [-0.15, -0.1) is 0 Å². The maximum Gasteiger partial charge on any atom is 0.178 e. The first-order valence-electron chi connectivity index (χ1n) is 16.7.